The van der Waals surface area contributed by atoms with Crippen molar-refractivity contribution in [3.63, 3.8) is 0 Å². The second-order valence-corrected chi connectivity index (χ2v) is 5.92. The second kappa shape index (κ2) is 9.13. The Balaban J connectivity index is 3.86. The number of aliphatic hydroxyl groups is 1. The fraction of sp³-hybridized carbons (Fsp3) is 0.812. The minimum Gasteiger partial charge on any atom is -0.550 e. The maximum Gasteiger partial charge on any atom is 0.0619 e. The number of carbonyl (C=O) groups excluding carboxylic acids is 1. The van der Waals surface area contributed by atoms with Crippen molar-refractivity contribution in [1.82, 2.24) is 0 Å². The summed E-state index contributed by atoms with van der Waals surface area (Å²) in [5.74, 6) is -1.43. The van der Waals surface area contributed by atoms with Crippen LogP contribution in [0.5, 0.6) is 0 Å². The quantitative estimate of drug-likeness (QED) is 0.620. The smallest absolute Gasteiger partial charge is 0.0619 e. The van der Waals surface area contributed by atoms with Crippen molar-refractivity contribution in [2.24, 2.45) is 5.92 Å². The van der Waals surface area contributed by atoms with Gasteiger partial charge in [-0.25, -0.2) is 0 Å². The molecule has 112 valence electrons. The van der Waals surface area contributed by atoms with E-state index in [2.05, 4.69) is 19.9 Å². The van der Waals surface area contributed by atoms with Crippen molar-refractivity contribution < 1.29 is 15.0 Å². The van der Waals surface area contributed by atoms with Gasteiger partial charge in [0.05, 0.1) is 5.60 Å². The average Bonchev–Trinajstić information content (AvgIpc) is 2.28. The van der Waals surface area contributed by atoms with Crippen molar-refractivity contribution in [2.75, 3.05) is 0 Å². The molecule has 0 rings (SSSR count). The highest BCUT2D eigenvalue weighted by atomic mass is 16.4. The number of rotatable bonds is 10. The van der Waals surface area contributed by atoms with Gasteiger partial charge in [-0.2, -0.15) is 0 Å². The molecule has 0 aromatic rings. The van der Waals surface area contributed by atoms with Crippen LogP contribution in [0, 0.1) is 5.92 Å². The Bertz CT molecular complexity index is 292. The first kappa shape index (κ1) is 18.2. The van der Waals surface area contributed by atoms with Crippen molar-refractivity contribution in [3.8, 4) is 0 Å². The van der Waals surface area contributed by atoms with E-state index in [4.69, 9.17) is 0 Å². The monoisotopic (exact) mass is 269 g/mol. The van der Waals surface area contributed by atoms with Gasteiger partial charge < -0.3 is 15.0 Å². The van der Waals surface area contributed by atoms with Crippen LogP contribution in [-0.4, -0.2) is 16.7 Å². The number of aliphatic carboxylic acids is 1. The molecule has 0 aromatic carbocycles. The molecule has 0 saturated carbocycles. The predicted molar refractivity (Wildman–Crippen MR) is 76.5 cm³/mol. The molecule has 2 atom stereocenters. The molecule has 0 aliphatic heterocycles. The van der Waals surface area contributed by atoms with Gasteiger partial charge in [-0.05, 0) is 64.7 Å². The molecule has 0 radical (unpaired) electrons. The van der Waals surface area contributed by atoms with Gasteiger partial charge in [-0.15, -0.1) is 0 Å². The molecule has 0 spiro atoms. The van der Waals surface area contributed by atoms with E-state index in [9.17, 15) is 15.0 Å². The molecule has 3 heteroatoms. The summed E-state index contributed by atoms with van der Waals surface area (Å²) in [6.45, 7) is 7.75. The molecule has 0 saturated heterocycles. The SMILES string of the molecule is CC/C=C(\C)CCCC(C)(O)CCCC(C)C(=O)[O-]. The van der Waals surface area contributed by atoms with Gasteiger partial charge in [0.25, 0.3) is 0 Å². The summed E-state index contributed by atoms with van der Waals surface area (Å²) in [7, 11) is 0. The molecule has 0 aliphatic rings. The molecule has 0 bridgehead atoms. The number of carboxylic acids is 1. The Hall–Kier alpha value is -0.830. The minimum absolute atomic E-state index is 0.425. The van der Waals surface area contributed by atoms with Crippen LogP contribution >= 0.6 is 0 Å². The van der Waals surface area contributed by atoms with Gasteiger partial charge in [0.2, 0.25) is 0 Å². The van der Waals surface area contributed by atoms with Gasteiger partial charge in [0, 0.05) is 5.97 Å². The normalized spacial score (nSPS) is 17.0. The van der Waals surface area contributed by atoms with Crippen LogP contribution in [0.25, 0.3) is 0 Å². The number of carbonyl (C=O) groups is 1. The van der Waals surface area contributed by atoms with Crippen LogP contribution < -0.4 is 5.11 Å². The van der Waals surface area contributed by atoms with Crippen LogP contribution in [0.4, 0.5) is 0 Å². The lowest BCUT2D eigenvalue weighted by Crippen LogP contribution is -2.30. The fourth-order valence-electron chi connectivity index (χ4n) is 2.23. The first-order chi connectivity index (χ1) is 8.78. The molecule has 0 aromatic heterocycles. The number of hydrogen-bond donors (Lipinski definition) is 1. The Labute approximate surface area is 117 Å². The molecular formula is C16H29O3-. The van der Waals surface area contributed by atoms with Crippen LogP contribution in [0.15, 0.2) is 11.6 Å². The van der Waals surface area contributed by atoms with Gasteiger partial charge in [-0.1, -0.05) is 25.5 Å². The van der Waals surface area contributed by atoms with Crippen LogP contribution in [0.2, 0.25) is 0 Å². The van der Waals surface area contributed by atoms with Crippen molar-refractivity contribution in [1.29, 1.82) is 0 Å². The van der Waals surface area contributed by atoms with E-state index in [0.29, 0.717) is 12.8 Å². The number of carboxylic acid groups (broad SMARTS) is 1. The average molecular weight is 269 g/mol. The molecule has 1 N–H and O–H groups in total. The maximum atomic E-state index is 10.6. The highest BCUT2D eigenvalue weighted by Gasteiger charge is 2.19. The molecule has 0 amide bonds. The molecule has 0 fully saturated rings. The maximum absolute atomic E-state index is 10.6. The lowest BCUT2D eigenvalue weighted by atomic mass is 9.90. The topological polar surface area (TPSA) is 60.4 Å². The third kappa shape index (κ3) is 9.71. The van der Waals surface area contributed by atoms with E-state index in [1.807, 2.05) is 6.92 Å². The number of allylic oxidation sites excluding steroid dienone is 2. The zero-order valence-corrected chi connectivity index (χ0v) is 12.9. The molecule has 3 nitrogen and oxygen atoms in total. The van der Waals surface area contributed by atoms with E-state index in [0.717, 1.165) is 32.1 Å². The first-order valence-corrected chi connectivity index (χ1v) is 7.37. The van der Waals surface area contributed by atoms with Crippen LogP contribution in [-0.2, 0) is 4.79 Å². The highest BCUT2D eigenvalue weighted by Crippen LogP contribution is 2.23. The summed E-state index contributed by atoms with van der Waals surface area (Å²) in [5.41, 5.74) is 0.696. The standard InChI is InChI=1S/C16H30O3/c1-5-8-13(2)9-6-11-16(4,19)12-7-10-14(3)15(17)18/h8,14,19H,5-7,9-12H2,1-4H3,(H,17,18)/p-1/b13-8+. The summed E-state index contributed by atoms with van der Waals surface area (Å²) in [4.78, 5) is 10.6. The van der Waals surface area contributed by atoms with Crippen molar-refractivity contribution >= 4 is 5.97 Å². The lowest BCUT2D eigenvalue weighted by Gasteiger charge is -2.24. The molecule has 0 heterocycles. The Morgan fingerprint density at radius 3 is 2.47 bits per heavy atom. The molecule has 0 aliphatic carbocycles. The minimum atomic E-state index is -1.00. The molecule has 2 unspecified atom stereocenters. The van der Waals surface area contributed by atoms with Crippen LogP contribution in [0.3, 0.4) is 0 Å². The first-order valence-electron chi connectivity index (χ1n) is 7.37. The van der Waals surface area contributed by atoms with Gasteiger partial charge >= 0.3 is 0 Å². The predicted octanol–water partition coefficient (Wildman–Crippen LogP) is 2.82. The van der Waals surface area contributed by atoms with Crippen LogP contribution in [0.1, 0.15) is 72.6 Å². The fourth-order valence-corrected chi connectivity index (χ4v) is 2.23. The Kier molecular flexibility index (Phi) is 8.73. The summed E-state index contributed by atoms with van der Waals surface area (Å²) in [6, 6.07) is 0. The van der Waals surface area contributed by atoms with E-state index in [1.54, 1.807) is 6.92 Å². The summed E-state index contributed by atoms with van der Waals surface area (Å²) >= 11 is 0. The lowest BCUT2D eigenvalue weighted by molar-refractivity contribution is -0.311. The van der Waals surface area contributed by atoms with E-state index in [-0.39, 0.29) is 0 Å². The third-order valence-corrected chi connectivity index (χ3v) is 3.59. The third-order valence-electron chi connectivity index (χ3n) is 3.59. The Morgan fingerprint density at radius 2 is 1.95 bits per heavy atom. The van der Waals surface area contributed by atoms with Gasteiger partial charge in [0.1, 0.15) is 0 Å². The van der Waals surface area contributed by atoms with Gasteiger partial charge in [-0.3, -0.25) is 0 Å². The van der Waals surface area contributed by atoms with Crippen molar-refractivity contribution in [3.05, 3.63) is 11.6 Å². The number of hydrogen-bond acceptors (Lipinski definition) is 3. The highest BCUT2D eigenvalue weighted by molar-refractivity contribution is 5.66. The van der Waals surface area contributed by atoms with E-state index < -0.39 is 17.5 Å². The molecular weight excluding hydrogens is 240 g/mol. The summed E-state index contributed by atoms with van der Waals surface area (Å²) in [5, 5.41) is 20.8. The summed E-state index contributed by atoms with van der Waals surface area (Å²) < 4.78 is 0. The zero-order valence-electron chi connectivity index (χ0n) is 12.9. The van der Waals surface area contributed by atoms with E-state index >= 15 is 0 Å². The van der Waals surface area contributed by atoms with E-state index in [1.165, 1.54) is 5.57 Å². The van der Waals surface area contributed by atoms with Gasteiger partial charge in [0.15, 0.2) is 0 Å². The largest absolute Gasteiger partial charge is 0.550 e. The second-order valence-electron chi connectivity index (χ2n) is 5.92. The molecule has 19 heavy (non-hydrogen) atoms. The zero-order chi connectivity index (χ0) is 14.9. The summed E-state index contributed by atoms with van der Waals surface area (Å²) in [6.07, 6.45) is 8.01. The Morgan fingerprint density at radius 1 is 1.37 bits per heavy atom. The van der Waals surface area contributed by atoms with Crippen molar-refractivity contribution in [2.45, 2.75) is 78.2 Å².